The van der Waals surface area contributed by atoms with Crippen LogP contribution < -0.4 is 10.1 Å². The molecule has 23 heavy (non-hydrogen) atoms. The van der Waals surface area contributed by atoms with Gasteiger partial charge in [0.25, 0.3) is 5.69 Å². The topological polar surface area (TPSA) is 87.9 Å². The van der Waals surface area contributed by atoms with Crippen LogP contribution in [0.2, 0.25) is 0 Å². The van der Waals surface area contributed by atoms with E-state index in [0.717, 1.165) is 26.2 Å². The van der Waals surface area contributed by atoms with E-state index in [0.29, 0.717) is 5.56 Å². The van der Waals surface area contributed by atoms with Crippen molar-refractivity contribution in [1.82, 2.24) is 10.2 Å². The van der Waals surface area contributed by atoms with Crippen molar-refractivity contribution in [1.29, 1.82) is 0 Å². The second kappa shape index (κ2) is 6.72. The molecule has 1 saturated heterocycles. The van der Waals surface area contributed by atoms with Gasteiger partial charge >= 0.3 is 0 Å². The lowest BCUT2D eigenvalue weighted by molar-refractivity contribution is -0.385. The molecule has 0 aromatic heterocycles. The summed E-state index contributed by atoms with van der Waals surface area (Å²) in [7, 11) is 1.40. The summed E-state index contributed by atoms with van der Waals surface area (Å²) in [6, 6.07) is 2.59. The van der Waals surface area contributed by atoms with Crippen molar-refractivity contribution in [3.05, 3.63) is 27.8 Å². The van der Waals surface area contributed by atoms with E-state index in [-0.39, 0.29) is 28.6 Å². The minimum absolute atomic E-state index is 0.0171. The largest absolute Gasteiger partial charge is 0.504 e. The van der Waals surface area contributed by atoms with Crippen LogP contribution >= 0.6 is 0 Å². The molecule has 0 unspecified atom stereocenters. The van der Waals surface area contributed by atoms with Crippen LogP contribution in [0.1, 0.15) is 32.4 Å². The van der Waals surface area contributed by atoms with E-state index < -0.39 is 4.92 Å². The van der Waals surface area contributed by atoms with Crippen molar-refractivity contribution in [3.63, 3.8) is 0 Å². The number of hydrogen-bond acceptors (Lipinski definition) is 6. The molecule has 1 aromatic rings. The lowest BCUT2D eigenvalue weighted by Crippen LogP contribution is -2.48. The number of phenolic OH excluding ortho intramolecular Hbond substituents is 1. The summed E-state index contributed by atoms with van der Waals surface area (Å²) in [6.07, 6.45) is 0. The second-order valence-corrected chi connectivity index (χ2v) is 6.90. The van der Waals surface area contributed by atoms with E-state index in [4.69, 9.17) is 4.74 Å². The molecule has 0 amide bonds. The highest BCUT2D eigenvalue weighted by molar-refractivity contribution is 5.55. The van der Waals surface area contributed by atoms with Gasteiger partial charge in [-0.2, -0.15) is 0 Å². The molecule has 0 aliphatic carbocycles. The molecule has 2 rings (SSSR count). The van der Waals surface area contributed by atoms with Crippen LogP contribution in [0.5, 0.6) is 11.5 Å². The zero-order chi connectivity index (χ0) is 17.2. The Morgan fingerprint density at radius 2 is 1.96 bits per heavy atom. The number of nitro benzene ring substituents is 1. The molecule has 1 aromatic carbocycles. The summed E-state index contributed by atoms with van der Waals surface area (Å²) >= 11 is 0. The van der Waals surface area contributed by atoms with Gasteiger partial charge in [-0.1, -0.05) is 20.8 Å². The summed E-state index contributed by atoms with van der Waals surface area (Å²) in [4.78, 5) is 13.0. The fraction of sp³-hybridized carbons (Fsp3) is 0.625. The third-order valence-electron chi connectivity index (χ3n) is 4.15. The summed E-state index contributed by atoms with van der Waals surface area (Å²) in [6.45, 7) is 9.59. The lowest BCUT2D eigenvalue weighted by Gasteiger charge is -2.42. The SMILES string of the molecule is COc1cc([N+](=O)[O-])cc([C@@H](N2CCNCC2)C(C)(C)C)c1O. The van der Waals surface area contributed by atoms with E-state index in [1.165, 1.54) is 19.2 Å². The summed E-state index contributed by atoms with van der Waals surface area (Å²) < 4.78 is 5.14. The number of nitrogens with one attached hydrogen (secondary N) is 1. The van der Waals surface area contributed by atoms with Crippen molar-refractivity contribution in [2.24, 2.45) is 5.41 Å². The summed E-state index contributed by atoms with van der Waals surface area (Å²) in [5.41, 5.74) is 0.277. The van der Waals surface area contributed by atoms with Crippen molar-refractivity contribution in [3.8, 4) is 11.5 Å². The van der Waals surface area contributed by atoms with Gasteiger partial charge in [0.15, 0.2) is 11.5 Å². The average Bonchev–Trinajstić information content (AvgIpc) is 2.48. The molecule has 7 nitrogen and oxygen atoms in total. The molecule has 1 heterocycles. The summed E-state index contributed by atoms with van der Waals surface area (Å²) in [5.74, 6) is 0.121. The number of methoxy groups -OCH3 is 1. The maximum absolute atomic E-state index is 11.2. The number of hydrogen-bond donors (Lipinski definition) is 2. The molecule has 128 valence electrons. The van der Waals surface area contributed by atoms with Crippen LogP contribution in [0.4, 0.5) is 5.69 Å². The highest BCUT2D eigenvalue weighted by Crippen LogP contribution is 2.46. The lowest BCUT2D eigenvalue weighted by atomic mass is 9.80. The Bertz CT molecular complexity index is 577. The molecule has 0 spiro atoms. The monoisotopic (exact) mass is 323 g/mol. The van der Waals surface area contributed by atoms with Gasteiger partial charge in [-0.05, 0) is 5.41 Å². The van der Waals surface area contributed by atoms with Gasteiger partial charge in [-0.3, -0.25) is 15.0 Å². The average molecular weight is 323 g/mol. The number of phenols is 1. The predicted octanol–water partition coefficient (Wildman–Crippen LogP) is 2.30. The van der Waals surface area contributed by atoms with Gasteiger partial charge in [0.2, 0.25) is 0 Å². The minimum Gasteiger partial charge on any atom is -0.504 e. The quantitative estimate of drug-likeness (QED) is 0.653. The molecule has 0 saturated carbocycles. The smallest absolute Gasteiger partial charge is 0.273 e. The van der Waals surface area contributed by atoms with Crippen molar-refractivity contribution >= 4 is 5.69 Å². The van der Waals surface area contributed by atoms with Crippen LogP contribution in [-0.2, 0) is 0 Å². The van der Waals surface area contributed by atoms with Gasteiger partial charge in [-0.15, -0.1) is 0 Å². The third kappa shape index (κ3) is 3.73. The first-order valence-corrected chi connectivity index (χ1v) is 7.75. The Balaban J connectivity index is 2.57. The van der Waals surface area contributed by atoms with Crippen molar-refractivity contribution in [2.45, 2.75) is 26.8 Å². The van der Waals surface area contributed by atoms with E-state index in [9.17, 15) is 15.2 Å². The Labute approximate surface area is 136 Å². The first-order valence-electron chi connectivity index (χ1n) is 7.75. The molecule has 1 atom stereocenters. The van der Waals surface area contributed by atoms with Gasteiger partial charge in [0.05, 0.1) is 18.1 Å². The van der Waals surface area contributed by atoms with Crippen LogP contribution in [0, 0.1) is 15.5 Å². The number of benzene rings is 1. The molecular weight excluding hydrogens is 298 g/mol. The van der Waals surface area contributed by atoms with Crippen LogP contribution in [0.3, 0.4) is 0 Å². The maximum atomic E-state index is 11.2. The van der Waals surface area contributed by atoms with Crippen LogP contribution in [0.15, 0.2) is 12.1 Å². The van der Waals surface area contributed by atoms with Gasteiger partial charge in [0, 0.05) is 43.9 Å². The highest BCUT2D eigenvalue weighted by Gasteiger charge is 2.36. The van der Waals surface area contributed by atoms with E-state index >= 15 is 0 Å². The molecule has 0 bridgehead atoms. The van der Waals surface area contributed by atoms with Crippen LogP contribution in [-0.4, -0.2) is 48.2 Å². The molecule has 7 heteroatoms. The van der Waals surface area contributed by atoms with Crippen LogP contribution in [0.25, 0.3) is 0 Å². The molecule has 1 aliphatic rings. The normalized spacial score (nSPS) is 17.7. The zero-order valence-corrected chi connectivity index (χ0v) is 14.1. The Morgan fingerprint density at radius 3 is 2.43 bits per heavy atom. The number of nitrogens with zero attached hydrogens (tertiary/aromatic N) is 2. The van der Waals surface area contributed by atoms with Crippen molar-refractivity contribution < 1.29 is 14.8 Å². The number of nitro groups is 1. The third-order valence-corrected chi connectivity index (χ3v) is 4.15. The number of rotatable bonds is 4. The van der Waals surface area contributed by atoms with E-state index in [1.54, 1.807) is 0 Å². The molecule has 0 radical (unpaired) electrons. The Morgan fingerprint density at radius 1 is 1.35 bits per heavy atom. The highest BCUT2D eigenvalue weighted by atomic mass is 16.6. The number of aromatic hydroxyl groups is 1. The first kappa shape index (κ1) is 17.5. The van der Waals surface area contributed by atoms with E-state index in [1.807, 2.05) is 0 Å². The molecule has 1 aliphatic heterocycles. The van der Waals surface area contributed by atoms with E-state index in [2.05, 4.69) is 31.0 Å². The standard InChI is InChI=1S/C16H25N3O4/c1-16(2,3)15(18-7-5-17-6-8-18)12-9-11(19(21)22)10-13(23-4)14(12)20/h9-10,15,17,20H,5-8H2,1-4H3/t15-/m1/s1. The van der Waals surface area contributed by atoms with Crippen molar-refractivity contribution in [2.75, 3.05) is 33.3 Å². The summed E-state index contributed by atoms with van der Waals surface area (Å²) in [5, 5.41) is 25.1. The Hall–Kier alpha value is -1.86. The van der Waals surface area contributed by atoms with Gasteiger partial charge in [-0.25, -0.2) is 0 Å². The molecular formula is C16H25N3O4. The number of non-ortho nitro benzene ring substituents is 1. The Kier molecular flexibility index (Phi) is 5.11. The first-order chi connectivity index (χ1) is 10.8. The molecule has 1 fully saturated rings. The maximum Gasteiger partial charge on any atom is 0.273 e. The minimum atomic E-state index is -0.455. The van der Waals surface area contributed by atoms with Gasteiger partial charge in [0.1, 0.15) is 0 Å². The number of piperazine rings is 1. The van der Waals surface area contributed by atoms with Gasteiger partial charge < -0.3 is 15.2 Å². The fourth-order valence-corrected chi connectivity index (χ4v) is 3.23. The fourth-order valence-electron chi connectivity index (χ4n) is 3.23. The predicted molar refractivity (Wildman–Crippen MR) is 88.0 cm³/mol. The molecule has 2 N–H and O–H groups in total. The second-order valence-electron chi connectivity index (χ2n) is 6.90. The zero-order valence-electron chi connectivity index (χ0n) is 14.1. The number of ether oxygens (including phenoxy) is 1.